The first-order valence-corrected chi connectivity index (χ1v) is 14.5. The average molecular weight is 526 g/mol. The van der Waals surface area contributed by atoms with E-state index in [1.165, 1.54) is 0 Å². The van der Waals surface area contributed by atoms with Crippen molar-refractivity contribution < 1.29 is 14.4 Å². The molecule has 0 spiro atoms. The molecule has 1 unspecified atom stereocenters. The topological polar surface area (TPSA) is 51.2 Å². The van der Waals surface area contributed by atoms with Crippen molar-refractivity contribution >= 4 is 38.7 Å². The normalized spacial score (nSPS) is 16.7. The molecule has 186 valence electrons. The molecule has 0 saturated carbocycles. The van der Waals surface area contributed by atoms with E-state index in [0.29, 0.717) is 22.4 Å². The minimum Gasteiger partial charge on any atom is -0.294 e. The Bertz CT molecular complexity index is 1400. The number of allylic oxidation sites excluding steroid dienone is 3. The molecular weight excluding hydrogens is 496 g/mol. The number of thioether (sulfide) groups is 1. The van der Waals surface area contributed by atoms with Crippen molar-refractivity contribution in [3.8, 4) is 0 Å². The highest BCUT2D eigenvalue weighted by Gasteiger charge is 2.43. The third-order valence-corrected chi connectivity index (χ3v) is 10.0. The van der Waals surface area contributed by atoms with Crippen LogP contribution in [-0.2, 0) is 22.1 Å². The van der Waals surface area contributed by atoms with Gasteiger partial charge in [0.1, 0.15) is 0 Å². The highest BCUT2D eigenvalue weighted by molar-refractivity contribution is 8.24. The van der Waals surface area contributed by atoms with Crippen LogP contribution in [0.4, 0.5) is 0 Å². The van der Waals surface area contributed by atoms with Gasteiger partial charge in [-0.15, -0.1) is 0 Å². The van der Waals surface area contributed by atoms with Crippen molar-refractivity contribution in [2.45, 2.75) is 43.9 Å². The van der Waals surface area contributed by atoms with Crippen LogP contribution >= 0.6 is 11.8 Å². The fourth-order valence-corrected chi connectivity index (χ4v) is 7.52. The van der Waals surface area contributed by atoms with Crippen molar-refractivity contribution in [3.63, 3.8) is 0 Å². The van der Waals surface area contributed by atoms with Gasteiger partial charge in [0.15, 0.2) is 21.6 Å². The van der Waals surface area contributed by atoms with Crippen molar-refractivity contribution in [2.24, 2.45) is 11.8 Å². The summed E-state index contributed by atoms with van der Waals surface area (Å²) in [4.78, 5) is 43.6. The number of Topliss-reactive ketones (excluding diaryl/α,β-unsaturated/α-hetero) is 1. The molecule has 0 bridgehead atoms. The lowest BCUT2D eigenvalue weighted by molar-refractivity contribution is -0.119. The van der Waals surface area contributed by atoms with E-state index in [0.717, 1.165) is 32.1 Å². The summed E-state index contributed by atoms with van der Waals surface area (Å²) in [6, 6.07) is 20.7. The van der Waals surface area contributed by atoms with Crippen LogP contribution in [0.1, 0.15) is 51.3 Å². The lowest BCUT2D eigenvalue weighted by Gasteiger charge is -2.27. The molecular formula is C32H29O3S2+. The molecule has 3 aromatic rings. The lowest BCUT2D eigenvalue weighted by atomic mass is 9.82. The first kappa shape index (κ1) is 25.5. The van der Waals surface area contributed by atoms with Gasteiger partial charge in [-0.25, -0.2) is 9.59 Å². The van der Waals surface area contributed by atoms with Gasteiger partial charge in [-0.2, -0.15) is 0 Å². The van der Waals surface area contributed by atoms with Gasteiger partial charge < -0.3 is 0 Å². The molecule has 1 atom stereocenters. The maximum Gasteiger partial charge on any atom is 0.376 e. The van der Waals surface area contributed by atoms with Crippen LogP contribution in [0.15, 0.2) is 99.2 Å². The number of aryl methyl sites for hydroxylation is 2. The van der Waals surface area contributed by atoms with Crippen LogP contribution in [-0.4, -0.2) is 16.0 Å². The molecule has 1 aliphatic heterocycles. The number of rotatable bonds is 4. The molecule has 0 saturated heterocycles. The molecule has 3 nitrogen and oxygen atoms in total. The van der Waals surface area contributed by atoms with Crippen molar-refractivity contribution in [1.29, 1.82) is 0 Å². The minimum atomic E-state index is -1.33. The Kier molecular flexibility index (Phi) is 7.11. The van der Waals surface area contributed by atoms with Gasteiger partial charge in [-0.05, 0) is 67.8 Å². The SMILES string of the molecule is Cc1ccc(C(=O)[S+](C(=O)c2ccc(C)cc2)c2ccc3c(c2)CC2=C(C=CC(C(C)C)C2=O)S3)cc1. The fourth-order valence-electron chi connectivity index (χ4n) is 4.64. The molecule has 5 rings (SSSR count). The summed E-state index contributed by atoms with van der Waals surface area (Å²) >= 11 is 1.60. The van der Waals surface area contributed by atoms with Crippen LogP contribution in [0.25, 0.3) is 0 Å². The molecule has 1 heterocycles. The first-order valence-electron chi connectivity index (χ1n) is 12.5. The number of benzene rings is 3. The Hall–Kier alpha value is -3.15. The molecule has 0 N–H and O–H groups in total. The number of carbonyl (C=O) groups is 3. The standard InChI is InChI=1S/C32H29O3S2/c1-19(2)26-14-16-29-27(30(26)33)18-24-17-25(13-15-28(24)36-29)37(31(34)22-9-5-20(3)6-10-22)32(35)23-11-7-21(4)8-12-23/h5-17,19,26H,18H2,1-4H3/q+1. The van der Waals surface area contributed by atoms with E-state index < -0.39 is 10.9 Å². The van der Waals surface area contributed by atoms with Crippen molar-refractivity contribution in [3.05, 3.63) is 117 Å². The molecule has 5 heteroatoms. The second-order valence-corrected chi connectivity index (χ2v) is 12.9. The zero-order valence-electron chi connectivity index (χ0n) is 21.4. The van der Waals surface area contributed by atoms with E-state index in [2.05, 4.69) is 19.9 Å². The number of hydrogen-bond acceptors (Lipinski definition) is 4. The first-order chi connectivity index (χ1) is 17.7. The zero-order valence-corrected chi connectivity index (χ0v) is 23.0. The summed E-state index contributed by atoms with van der Waals surface area (Å²) in [5, 5.41) is -0.379. The predicted octanol–water partition coefficient (Wildman–Crippen LogP) is 7.27. The maximum absolute atomic E-state index is 13.8. The van der Waals surface area contributed by atoms with Gasteiger partial charge in [0.25, 0.3) is 0 Å². The Morgan fingerprint density at radius 1 is 0.865 bits per heavy atom. The predicted molar refractivity (Wildman–Crippen MR) is 152 cm³/mol. The largest absolute Gasteiger partial charge is 0.376 e. The molecule has 0 aromatic heterocycles. The molecule has 1 aliphatic carbocycles. The summed E-state index contributed by atoms with van der Waals surface area (Å²) in [5.41, 5.74) is 5.01. The van der Waals surface area contributed by atoms with E-state index in [1.54, 1.807) is 36.0 Å². The Morgan fingerprint density at radius 3 is 1.97 bits per heavy atom. The second kappa shape index (κ2) is 10.3. The van der Waals surface area contributed by atoms with Gasteiger partial charge in [0.05, 0.1) is 11.1 Å². The molecule has 0 radical (unpaired) electrons. The monoisotopic (exact) mass is 525 g/mol. The summed E-state index contributed by atoms with van der Waals surface area (Å²) in [7, 11) is -1.33. The Balaban J connectivity index is 1.54. The third kappa shape index (κ3) is 5.03. The third-order valence-electron chi connectivity index (χ3n) is 6.87. The van der Waals surface area contributed by atoms with Gasteiger partial charge in [-0.1, -0.05) is 73.2 Å². The van der Waals surface area contributed by atoms with Gasteiger partial charge in [0, 0.05) is 27.7 Å². The van der Waals surface area contributed by atoms with Gasteiger partial charge in [0.2, 0.25) is 0 Å². The number of carbonyl (C=O) groups excluding carboxylic acids is 3. The number of fused-ring (bicyclic) bond motifs is 1. The minimum absolute atomic E-state index is 0.107. The van der Waals surface area contributed by atoms with Crippen LogP contribution in [0.3, 0.4) is 0 Å². The fraction of sp³-hybridized carbons (Fsp3) is 0.219. The second-order valence-electron chi connectivity index (χ2n) is 10.00. The average Bonchev–Trinajstić information content (AvgIpc) is 2.88. The molecule has 0 fully saturated rings. The Morgan fingerprint density at radius 2 is 1.43 bits per heavy atom. The smallest absolute Gasteiger partial charge is 0.294 e. The van der Waals surface area contributed by atoms with E-state index in [1.807, 2.05) is 62.4 Å². The van der Waals surface area contributed by atoms with E-state index >= 15 is 0 Å². The Labute approximate surface area is 225 Å². The number of hydrogen-bond donors (Lipinski definition) is 0. The quantitative estimate of drug-likeness (QED) is 0.336. The van der Waals surface area contributed by atoms with Gasteiger partial charge in [-0.3, -0.25) is 4.79 Å². The molecule has 0 amide bonds. The summed E-state index contributed by atoms with van der Waals surface area (Å²) < 4.78 is 0. The molecule has 37 heavy (non-hydrogen) atoms. The van der Waals surface area contributed by atoms with Gasteiger partial charge >= 0.3 is 10.2 Å². The summed E-state index contributed by atoms with van der Waals surface area (Å²) in [6.07, 6.45) is 4.62. The summed E-state index contributed by atoms with van der Waals surface area (Å²) in [6.45, 7) is 8.08. The molecule has 2 aliphatic rings. The van der Waals surface area contributed by atoms with Crippen LogP contribution < -0.4 is 0 Å². The van der Waals surface area contributed by atoms with Crippen LogP contribution in [0.2, 0.25) is 0 Å². The van der Waals surface area contributed by atoms with E-state index in [4.69, 9.17) is 0 Å². The van der Waals surface area contributed by atoms with Crippen LogP contribution in [0, 0.1) is 25.7 Å². The summed E-state index contributed by atoms with van der Waals surface area (Å²) in [5.74, 6) is 0.312. The maximum atomic E-state index is 13.8. The van der Waals surface area contributed by atoms with Crippen molar-refractivity contribution in [2.75, 3.05) is 0 Å². The zero-order chi connectivity index (χ0) is 26.3. The highest BCUT2D eigenvalue weighted by Crippen LogP contribution is 2.44. The van der Waals surface area contributed by atoms with E-state index in [9.17, 15) is 14.4 Å². The molecule has 3 aromatic carbocycles. The number of ketones is 1. The van der Waals surface area contributed by atoms with Crippen molar-refractivity contribution in [1.82, 2.24) is 0 Å². The van der Waals surface area contributed by atoms with Crippen LogP contribution in [0.5, 0.6) is 0 Å². The highest BCUT2D eigenvalue weighted by atomic mass is 32.2. The van der Waals surface area contributed by atoms with E-state index in [-0.39, 0.29) is 27.8 Å². The lowest BCUT2D eigenvalue weighted by Crippen LogP contribution is -2.27.